The van der Waals surface area contributed by atoms with Gasteiger partial charge in [-0.1, -0.05) is 29.8 Å². The Morgan fingerprint density at radius 3 is 2.67 bits per heavy atom. The van der Waals surface area contributed by atoms with Gasteiger partial charge in [0.05, 0.1) is 17.9 Å². The summed E-state index contributed by atoms with van der Waals surface area (Å²) in [6.07, 6.45) is 1.89. The van der Waals surface area contributed by atoms with Crippen molar-refractivity contribution in [1.29, 1.82) is 0 Å². The van der Waals surface area contributed by atoms with E-state index in [1.165, 1.54) is 12.1 Å². The third-order valence-electron chi connectivity index (χ3n) is 3.00. The van der Waals surface area contributed by atoms with Crippen molar-refractivity contribution in [2.24, 2.45) is 0 Å². The molecule has 3 nitrogen and oxygen atoms in total. The SMILES string of the molecule is Fc1cc(Cl)cc(NCc2ccn(-c3ccccc3)n2)c1. The summed E-state index contributed by atoms with van der Waals surface area (Å²) in [5, 5.41) is 7.94. The van der Waals surface area contributed by atoms with Gasteiger partial charge >= 0.3 is 0 Å². The molecule has 0 aliphatic rings. The van der Waals surface area contributed by atoms with E-state index >= 15 is 0 Å². The van der Waals surface area contributed by atoms with Crippen LogP contribution in [0.1, 0.15) is 5.69 Å². The first-order valence-corrected chi connectivity index (χ1v) is 6.88. The minimum atomic E-state index is -0.361. The van der Waals surface area contributed by atoms with E-state index in [2.05, 4.69) is 10.4 Å². The van der Waals surface area contributed by atoms with E-state index < -0.39 is 0 Å². The topological polar surface area (TPSA) is 29.9 Å². The molecule has 3 rings (SSSR count). The molecule has 0 saturated carbocycles. The second kappa shape index (κ2) is 5.97. The fourth-order valence-electron chi connectivity index (χ4n) is 2.03. The second-order valence-corrected chi connectivity index (χ2v) is 5.04. The third-order valence-corrected chi connectivity index (χ3v) is 3.22. The largest absolute Gasteiger partial charge is 0.379 e. The van der Waals surface area contributed by atoms with E-state index in [1.807, 2.05) is 42.6 Å². The zero-order valence-corrected chi connectivity index (χ0v) is 11.9. The smallest absolute Gasteiger partial charge is 0.126 e. The van der Waals surface area contributed by atoms with Crippen LogP contribution in [0.3, 0.4) is 0 Å². The molecule has 5 heteroatoms. The molecule has 1 N–H and O–H groups in total. The van der Waals surface area contributed by atoms with Crippen molar-refractivity contribution in [3.8, 4) is 5.69 Å². The first-order valence-electron chi connectivity index (χ1n) is 6.51. The van der Waals surface area contributed by atoms with E-state index in [9.17, 15) is 4.39 Å². The maximum atomic E-state index is 13.2. The van der Waals surface area contributed by atoms with Gasteiger partial charge in [-0.15, -0.1) is 0 Å². The molecule has 0 aliphatic heterocycles. The van der Waals surface area contributed by atoms with Crippen LogP contribution < -0.4 is 5.32 Å². The minimum Gasteiger partial charge on any atom is -0.379 e. The van der Waals surface area contributed by atoms with Crippen LogP contribution in [0.5, 0.6) is 0 Å². The van der Waals surface area contributed by atoms with Crippen LogP contribution in [0, 0.1) is 5.82 Å². The summed E-state index contributed by atoms with van der Waals surface area (Å²) >= 11 is 5.82. The molecule has 0 aliphatic carbocycles. The Balaban J connectivity index is 1.70. The molecule has 21 heavy (non-hydrogen) atoms. The molecule has 106 valence electrons. The Morgan fingerprint density at radius 2 is 1.90 bits per heavy atom. The number of hydrogen-bond acceptors (Lipinski definition) is 2. The van der Waals surface area contributed by atoms with Crippen molar-refractivity contribution in [3.05, 3.63) is 77.3 Å². The van der Waals surface area contributed by atoms with E-state index in [-0.39, 0.29) is 5.82 Å². The fraction of sp³-hybridized carbons (Fsp3) is 0.0625. The molecule has 0 saturated heterocycles. The number of rotatable bonds is 4. The molecule has 0 unspecified atom stereocenters. The number of para-hydroxylation sites is 1. The summed E-state index contributed by atoms with van der Waals surface area (Å²) < 4.78 is 15.0. The number of aromatic nitrogens is 2. The van der Waals surface area contributed by atoms with Crippen LogP contribution in [0.4, 0.5) is 10.1 Å². The van der Waals surface area contributed by atoms with Gasteiger partial charge < -0.3 is 5.32 Å². The lowest BCUT2D eigenvalue weighted by Crippen LogP contribution is -2.02. The molecule has 0 radical (unpaired) electrons. The van der Waals surface area contributed by atoms with Gasteiger partial charge in [0.15, 0.2) is 0 Å². The van der Waals surface area contributed by atoms with Crippen molar-refractivity contribution in [2.75, 3.05) is 5.32 Å². The standard InChI is InChI=1S/C16H13ClFN3/c17-12-8-13(18)10-15(9-12)19-11-14-6-7-21(20-14)16-4-2-1-3-5-16/h1-10,19H,11H2. The lowest BCUT2D eigenvalue weighted by molar-refractivity contribution is 0.628. The second-order valence-electron chi connectivity index (χ2n) is 4.60. The van der Waals surface area contributed by atoms with Crippen LogP contribution in [-0.4, -0.2) is 9.78 Å². The van der Waals surface area contributed by atoms with Gasteiger partial charge in [-0.25, -0.2) is 9.07 Å². The molecule has 2 aromatic carbocycles. The normalized spacial score (nSPS) is 10.6. The summed E-state index contributed by atoms with van der Waals surface area (Å²) in [5.41, 5.74) is 2.49. The number of hydrogen-bond donors (Lipinski definition) is 1. The van der Waals surface area contributed by atoms with Crippen molar-refractivity contribution in [1.82, 2.24) is 9.78 Å². The van der Waals surface area contributed by atoms with Crippen LogP contribution in [-0.2, 0) is 6.54 Å². The molecule has 0 bridgehead atoms. The molecule has 1 heterocycles. The average molecular weight is 302 g/mol. The van der Waals surface area contributed by atoms with Gasteiger partial charge in [-0.05, 0) is 36.4 Å². The quantitative estimate of drug-likeness (QED) is 0.779. The Bertz CT molecular complexity index is 720. The van der Waals surface area contributed by atoms with Gasteiger partial charge in [0.2, 0.25) is 0 Å². The fourth-order valence-corrected chi connectivity index (χ4v) is 2.25. The van der Waals surface area contributed by atoms with E-state index in [4.69, 9.17) is 11.6 Å². The predicted octanol–water partition coefficient (Wildman–Crippen LogP) is 4.28. The van der Waals surface area contributed by atoms with Crippen LogP contribution >= 0.6 is 11.6 Å². The summed E-state index contributed by atoms with van der Waals surface area (Å²) in [6.45, 7) is 0.500. The van der Waals surface area contributed by atoms with Gasteiger partial charge in [0.1, 0.15) is 5.82 Å². The van der Waals surface area contributed by atoms with Gasteiger partial charge in [-0.3, -0.25) is 0 Å². The van der Waals surface area contributed by atoms with Gasteiger partial charge in [-0.2, -0.15) is 5.10 Å². The molecule has 3 aromatic rings. The monoisotopic (exact) mass is 301 g/mol. The molecule has 0 amide bonds. The summed E-state index contributed by atoms with van der Waals surface area (Å²) in [5.74, 6) is -0.361. The Labute approximate surface area is 127 Å². The van der Waals surface area contributed by atoms with Crippen LogP contribution in [0.25, 0.3) is 5.69 Å². The summed E-state index contributed by atoms with van der Waals surface area (Å²) in [4.78, 5) is 0. The lowest BCUT2D eigenvalue weighted by Gasteiger charge is -2.05. The first-order chi connectivity index (χ1) is 10.2. The molecule has 0 spiro atoms. The number of benzene rings is 2. The van der Waals surface area contributed by atoms with Crippen molar-refractivity contribution >= 4 is 17.3 Å². The average Bonchev–Trinajstić information content (AvgIpc) is 2.94. The highest BCUT2D eigenvalue weighted by Gasteiger charge is 2.03. The summed E-state index contributed by atoms with van der Waals surface area (Å²) in [6, 6.07) is 16.1. The molecule has 0 atom stereocenters. The molecule has 1 aromatic heterocycles. The maximum Gasteiger partial charge on any atom is 0.126 e. The predicted molar refractivity (Wildman–Crippen MR) is 82.3 cm³/mol. The molecular weight excluding hydrogens is 289 g/mol. The zero-order chi connectivity index (χ0) is 14.7. The van der Waals surface area contributed by atoms with Gasteiger partial charge in [0, 0.05) is 16.9 Å². The third kappa shape index (κ3) is 3.41. The maximum absolute atomic E-state index is 13.2. The number of nitrogens with zero attached hydrogens (tertiary/aromatic N) is 2. The first kappa shape index (κ1) is 13.6. The van der Waals surface area contributed by atoms with Crippen molar-refractivity contribution in [3.63, 3.8) is 0 Å². The Kier molecular flexibility index (Phi) is 3.88. The van der Waals surface area contributed by atoms with E-state index in [0.29, 0.717) is 17.3 Å². The lowest BCUT2D eigenvalue weighted by atomic mass is 10.3. The number of halogens is 2. The van der Waals surface area contributed by atoms with E-state index in [0.717, 1.165) is 11.4 Å². The molecular formula is C16H13ClFN3. The number of nitrogens with one attached hydrogen (secondary N) is 1. The van der Waals surface area contributed by atoms with E-state index in [1.54, 1.807) is 10.7 Å². The minimum absolute atomic E-state index is 0.361. The zero-order valence-electron chi connectivity index (χ0n) is 11.1. The van der Waals surface area contributed by atoms with Crippen molar-refractivity contribution in [2.45, 2.75) is 6.54 Å². The van der Waals surface area contributed by atoms with Crippen molar-refractivity contribution < 1.29 is 4.39 Å². The highest BCUT2D eigenvalue weighted by atomic mass is 35.5. The highest BCUT2D eigenvalue weighted by molar-refractivity contribution is 6.30. The van der Waals surface area contributed by atoms with Crippen LogP contribution in [0.2, 0.25) is 5.02 Å². The number of anilines is 1. The van der Waals surface area contributed by atoms with Gasteiger partial charge in [0.25, 0.3) is 0 Å². The van der Waals surface area contributed by atoms with Crippen LogP contribution in [0.15, 0.2) is 60.8 Å². The Morgan fingerprint density at radius 1 is 1.10 bits per heavy atom. The highest BCUT2D eigenvalue weighted by Crippen LogP contribution is 2.18. The summed E-state index contributed by atoms with van der Waals surface area (Å²) in [7, 11) is 0. The Hall–Kier alpha value is -2.33. The molecule has 0 fully saturated rings.